The molecule has 5 heteroatoms. The van der Waals surface area contributed by atoms with E-state index in [1.807, 2.05) is 36.4 Å². The first-order chi connectivity index (χ1) is 11.9. The first kappa shape index (κ1) is 17.3. The summed E-state index contributed by atoms with van der Waals surface area (Å²) in [7, 11) is -1.02. The van der Waals surface area contributed by atoms with E-state index in [2.05, 4.69) is 0 Å². The fraction of sp³-hybridized carbons (Fsp3) is 0.150. The molecule has 0 fully saturated rings. The van der Waals surface area contributed by atoms with Gasteiger partial charge in [-0.05, 0) is 64.6 Å². The monoisotopic (exact) mass is 356 g/mol. The highest BCUT2D eigenvalue weighted by molar-refractivity contribution is 7.84. The smallest absolute Gasteiger partial charge is 0.303 e. The highest BCUT2D eigenvalue weighted by atomic mass is 32.2. The van der Waals surface area contributed by atoms with Crippen LogP contribution in [-0.4, -0.2) is 21.5 Å². The van der Waals surface area contributed by atoms with E-state index >= 15 is 0 Å². The molecule has 0 saturated carbocycles. The second-order valence-corrected chi connectivity index (χ2v) is 7.26. The summed E-state index contributed by atoms with van der Waals surface area (Å²) >= 11 is 0. The van der Waals surface area contributed by atoms with Crippen LogP contribution in [0.5, 0.6) is 0 Å². The van der Waals surface area contributed by atoms with Crippen LogP contribution < -0.4 is 0 Å². The summed E-state index contributed by atoms with van der Waals surface area (Å²) < 4.78 is 25.1. The molecule has 0 aromatic heterocycles. The zero-order valence-corrected chi connectivity index (χ0v) is 14.5. The van der Waals surface area contributed by atoms with Gasteiger partial charge in [-0.15, -0.1) is 0 Å². The van der Waals surface area contributed by atoms with Crippen molar-refractivity contribution in [1.82, 2.24) is 0 Å². The number of hydrogen-bond donors (Lipinski definition) is 1. The fourth-order valence-corrected chi connectivity index (χ4v) is 3.40. The van der Waals surface area contributed by atoms with E-state index in [0.717, 1.165) is 32.7 Å². The van der Waals surface area contributed by atoms with Gasteiger partial charge in [0.2, 0.25) is 0 Å². The lowest BCUT2D eigenvalue weighted by molar-refractivity contribution is -0.136. The van der Waals surface area contributed by atoms with Crippen molar-refractivity contribution in [1.29, 1.82) is 0 Å². The van der Waals surface area contributed by atoms with Crippen LogP contribution in [0.1, 0.15) is 29.5 Å². The number of aliphatic carboxylic acids is 1. The molecule has 128 valence electrons. The van der Waals surface area contributed by atoms with Crippen molar-refractivity contribution in [3.05, 3.63) is 71.0 Å². The summed E-state index contributed by atoms with van der Waals surface area (Å²) in [5.74, 6) is -1.21. The number of carboxylic acids is 1. The van der Waals surface area contributed by atoms with Gasteiger partial charge in [-0.25, -0.2) is 4.39 Å². The number of rotatable bonds is 5. The van der Waals surface area contributed by atoms with Crippen molar-refractivity contribution in [3.63, 3.8) is 0 Å². The lowest BCUT2D eigenvalue weighted by Gasteiger charge is -2.05. The third kappa shape index (κ3) is 3.94. The van der Waals surface area contributed by atoms with Crippen molar-refractivity contribution in [2.75, 3.05) is 6.26 Å². The van der Waals surface area contributed by atoms with Crippen molar-refractivity contribution in [2.45, 2.75) is 17.7 Å². The van der Waals surface area contributed by atoms with Crippen LogP contribution >= 0.6 is 0 Å². The zero-order valence-electron chi connectivity index (χ0n) is 13.7. The summed E-state index contributed by atoms with van der Waals surface area (Å²) in [5, 5.41) is 8.91. The lowest BCUT2D eigenvalue weighted by atomic mass is 10.0. The van der Waals surface area contributed by atoms with Gasteiger partial charge >= 0.3 is 5.97 Å². The Morgan fingerprint density at radius 2 is 1.88 bits per heavy atom. The van der Waals surface area contributed by atoms with Gasteiger partial charge in [-0.3, -0.25) is 9.00 Å². The average molecular weight is 356 g/mol. The largest absolute Gasteiger partial charge is 0.481 e. The van der Waals surface area contributed by atoms with Gasteiger partial charge in [0.25, 0.3) is 0 Å². The van der Waals surface area contributed by atoms with Gasteiger partial charge in [-0.2, -0.15) is 0 Å². The Morgan fingerprint density at radius 3 is 2.52 bits per heavy atom. The quantitative estimate of drug-likeness (QED) is 0.866. The van der Waals surface area contributed by atoms with E-state index in [0.29, 0.717) is 6.42 Å². The molecule has 1 unspecified atom stereocenters. The molecule has 25 heavy (non-hydrogen) atoms. The van der Waals surface area contributed by atoms with E-state index in [9.17, 15) is 13.4 Å². The number of hydrogen-bond acceptors (Lipinski definition) is 2. The molecule has 0 radical (unpaired) electrons. The summed E-state index contributed by atoms with van der Waals surface area (Å²) in [4.78, 5) is 11.6. The lowest BCUT2D eigenvalue weighted by Crippen LogP contribution is -1.95. The number of fused-ring (bicyclic) bond motifs is 1. The van der Waals surface area contributed by atoms with E-state index < -0.39 is 16.8 Å². The molecule has 1 N–H and O–H groups in total. The minimum absolute atomic E-state index is 0.00603. The van der Waals surface area contributed by atoms with Gasteiger partial charge < -0.3 is 5.11 Å². The highest BCUT2D eigenvalue weighted by Crippen LogP contribution is 2.39. The second kappa shape index (κ2) is 7.15. The van der Waals surface area contributed by atoms with Crippen molar-refractivity contribution < 1.29 is 18.5 Å². The Kier molecular flexibility index (Phi) is 4.95. The Hall–Kier alpha value is -2.53. The van der Waals surface area contributed by atoms with Crippen LogP contribution in [0.2, 0.25) is 0 Å². The van der Waals surface area contributed by atoms with Crippen molar-refractivity contribution >= 4 is 34.0 Å². The Morgan fingerprint density at radius 1 is 1.16 bits per heavy atom. The van der Waals surface area contributed by atoms with Gasteiger partial charge in [0, 0.05) is 28.4 Å². The number of benzene rings is 2. The maximum atomic E-state index is 13.6. The molecule has 0 bridgehead atoms. The van der Waals surface area contributed by atoms with Gasteiger partial charge in [-0.1, -0.05) is 24.3 Å². The molecule has 2 aromatic rings. The molecule has 1 atom stereocenters. The molecule has 0 amide bonds. The van der Waals surface area contributed by atoms with Crippen LogP contribution in [0.4, 0.5) is 4.39 Å². The topological polar surface area (TPSA) is 54.4 Å². The molecule has 0 spiro atoms. The van der Waals surface area contributed by atoms with Crippen LogP contribution in [0, 0.1) is 5.82 Å². The molecule has 2 aromatic carbocycles. The molecule has 1 aliphatic carbocycles. The predicted molar refractivity (Wildman–Crippen MR) is 97.9 cm³/mol. The molecule has 3 rings (SSSR count). The number of carbonyl (C=O) groups is 1. The number of allylic oxidation sites excluding steroid dienone is 3. The highest BCUT2D eigenvalue weighted by Gasteiger charge is 2.19. The third-order valence-electron chi connectivity index (χ3n) is 4.11. The average Bonchev–Trinajstić information content (AvgIpc) is 2.90. The maximum absolute atomic E-state index is 13.6. The molecule has 1 aliphatic rings. The van der Waals surface area contributed by atoms with Crippen molar-refractivity contribution in [3.8, 4) is 0 Å². The number of halogens is 1. The van der Waals surface area contributed by atoms with Crippen LogP contribution in [0.25, 0.3) is 17.2 Å². The van der Waals surface area contributed by atoms with Gasteiger partial charge in [0.1, 0.15) is 5.82 Å². The molecular weight excluding hydrogens is 339 g/mol. The SMILES string of the molecule is CS(=O)c1ccc(/C=C2/C=C(CCC(=O)O)c3cc(F)ccc32)cc1. The van der Waals surface area contributed by atoms with Gasteiger partial charge in [0.15, 0.2) is 0 Å². The standard InChI is InChI=1S/C20H17FO3S/c1-25(24)17-6-2-13(3-7-17)10-15-11-14(4-9-20(22)23)19-12-16(21)5-8-18(15)19/h2-3,5-8,10-12H,4,9H2,1H3,(H,22,23)/b15-10-. The minimum Gasteiger partial charge on any atom is -0.481 e. The Balaban J connectivity index is 1.97. The molecular formula is C20H17FO3S. The molecule has 0 saturated heterocycles. The van der Waals surface area contributed by atoms with Crippen LogP contribution in [0.15, 0.2) is 53.4 Å². The Bertz CT molecular complexity index is 911. The normalized spacial score (nSPS) is 15.8. The molecule has 3 nitrogen and oxygen atoms in total. The summed E-state index contributed by atoms with van der Waals surface area (Å²) in [6, 6.07) is 12.0. The fourth-order valence-electron chi connectivity index (χ4n) is 2.88. The predicted octanol–water partition coefficient (Wildman–Crippen LogP) is 4.37. The first-order valence-electron chi connectivity index (χ1n) is 7.82. The second-order valence-electron chi connectivity index (χ2n) is 5.88. The Labute approximate surface area is 148 Å². The first-order valence-corrected chi connectivity index (χ1v) is 9.38. The van der Waals surface area contributed by atoms with Crippen LogP contribution in [-0.2, 0) is 15.6 Å². The minimum atomic E-state index is -1.02. The summed E-state index contributed by atoms with van der Waals surface area (Å²) in [6.45, 7) is 0. The molecule has 0 heterocycles. The van der Waals surface area contributed by atoms with E-state index in [1.165, 1.54) is 12.1 Å². The summed E-state index contributed by atoms with van der Waals surface area (Å²) in [6.07, 6.45) is 5.88. The molecule has 0 aliphatic heterocycles. The van der Waals surface area contributed by atoms with Gasteiger partial charge in [0.05, 0.1) is 0 Å². The van der Waals surface area contributed by atoms with Crippen LogP contribution in [0.3, 0.4) is 0 Å². The van der Waals surface area contributed by atoms with E-state index in [4.69, 9.17) is 5.11 Å². The third-order valence-corrected chi connectivity index (χ3v) is 5.05. The number of carboxylic acid groups (broad SMARTS) is 1. The van der Waals surface area contributed by atoms with E-state index in [-0.39, 0.29) is 12.2 Å². The van der Waals surface area contributed by atoms with E-state index in [1.54, 1.807) is 12.3 Å². The van der Waals surface area contributed by atoms with Crippen molar-refractivity contribution in [2.24, 2.45) is 0 Å². The maximum Gasteiger partial charge on any atom is 0.303 e. The zero-order chi connectivity index (χ0) is 18.0. The summed E-state index contributed by atoms with van der Waals surface area (Å²) in [5.41, 5.74) is 4.33.